The van der Waals surface area contributed by atoms with Crippen LogP contribution in [0.3, 0.4) is 0 Å². The van der Waals surface area contributed by atoms with Crippen LogP contribution in [-0.4, -0.2) is 31.3 Å². The fourth-order valence-corrected chi connectivity index (χ4v) is 3.26. The minimum absolute atomic E-state index is 0.170. The number of halogens is 1. The smallest absolute Gasteiger partial charge is 0.326 e. The molecular formula is C18H19FN6O2. The highest BCUT2D eigenvalue weighted by Crippen LogP contribution is 2.15. The van der Waals surface area contributed by atoms with Gasteiger partial charge < -0.3 is 15.6 Å². The number of carbonyl (C=O) groups is 1. The van der Waals surface area contributed by atoms with Crippen molar-refractivity contribution in [1.82, 2.24) is 30.0 Å². The average Bonchev–Trinajstić information content (AvgIpc) is 3.23. The normalized spacial score (nSPS) is 16.1. The summed E-state index contributed by atoms with van der Waals surface area (Å²) < 4.78 is 16.3. The van der Waals surface area contributed by atoms with Crippen molar-refractivity contribution in [3.8, 4) is 5.69 Å². The van der Waals surface area contributed by atoms with Crippen LogP contribution < -0.4 is 16.3 Å². The minimum Gasteiger partial charge on any atom is -0.347 e. The number of fused-ring (bicyclic) bond motifs is 1. The van der Waals surface area contributed by atoms with Crippen molar-refractivity contribution in [2.75, 3.05) is 0 Å². The molecule has 3 heterocycles. The van der Waals surface area contributed by atoms with Crippen LogP contribution in [-0.2, 0) is 19.6 Å². The lowest BCUT2D eigenvalue weighted by Gasteiger charge is -2.22. The minimum atomic E-state index is -0.436. The Morgan fingerprint density at radius 1 is 1.41 bits per heavy atom. The molecule has 1 aliphatic heterocycles. The predicted octanol–water partition coefficient (Wildman–Crippen LogP) is 0.923. The van der Waals surface area contributed by atoms with Crippen molar-refractivity contribution in [3.63, 3.8) is 0 Å². The molecule has 3 N–H and O–H groups in total. The highest BCUT2D eigenvalue weighted by atomic mass is 19.1. The van der Waals surface area contributed by atoms with Gasteiger partial charge in [-0.05, 0) is 18.6 Å². The number of nitrogens with one attached hydrogen (secondary N) is 3. The summed E-state index contributed by atoms with van der Waals surface area (Å²) in [7, 11) is 0. The molecule has 2 aromatic heterocycles. The second-order valence-corrected chi connectivity index (χ2v) is 6.56. The maximum absolute atomic E-state index is 13.3. The molecule has 0 fully saturated rings. The number of carbonyl (C=O) groups excluding carboxylic acids is 1. The lowest BCUT2D eigenvalue weighted by Crippen LogP contribution is -2.40. The SMILES string of the molecule is CC1Cn2c(c(C(=O)NCc3ccccc3-n3cc(F)cn3)[nH]c2=O)CN1. The van der Waals surface area contributed by atoms with E-state index in [1.165, 1.54) is 10.9 Å². The fraction of sp³-hybridized carbons (Fsp3) is 0.278. The second-order valence-electron chi connectivity index (χ2n) is 6.56. The van der Waals surface area contributed by atoms with E-state index < -0.39 is 5.82 Å². The number of para-hydroxylation sites is 1. The number of hydrogen-bond donors (Lipinski definition) is 3. The summed E-state index contributed by atoms with van der Waals surface area (Å²) in [6.45, 7) is 3.17. The molecule has 27 heavy (non-hydrogen) atoms. The van der Waals surface area contributed by atoms with Crippen LogP contribution >= 0.6 is 0 Å². The van der Waals surface area contributed by atoms with E-state index in [-0.39, 0.29) is 29.9 Å². The lowest BCUT2D eigenvalue weighted by molar-refractivity contribution is 0.0944. The van der Waals surface area contributed by atoms with Crippen LogP contribution in [0.1, 0.15) is 28.7 Å². The van der Waals surface area contributed by atoms with Crippen molar-refractivity contribution < 1.29 is 9.18 Å². The van der Waals surface area contributed by atoms with Crippen molar-refractivity contribution in [2.45, 2.75) is 32.6 Å². The number of amides is 1. The summed E-state index contributed by atoms with van der Waals surface area (Å²) >= 11 is 0. The molecular weight excluding hydrogens is 351 g/mol. The summed E-state index contributed by atoms with van der Waals surface area (Å²) in [5, 5.41) is 10.0. The number of nitrogens with zero attached hydrogens (tertiary/aromatic N) is 3. The highest BCUT2D eigenvalue weighted by Gasteiger charge is 2.24. The second kappa shape index (κ2) is 6.84. The van der Waals surface area contributed by atoms with E-state index in [2.05, 4.69) is 20.7 Å². The quantitative estimate of drug-likeness (QED) is 0.636. The van der Waals surface area contributed by atoms with Crippen LogP contribution in [0.4, 0.5) is 4.39 Å². The number of aromatic nitrogens is 4. The van der Waals surface area contributed by atoms with Crippen molar-refractivity contribution in [2.24, 2.45) is 0 Å². The molecule has 1 aromatic carbocycles. The first-order chi connectivity index (χ1) is 13.0. The van der Waals surface area contributed by atoms with Gasteiger partial charge in [0.2, 0.25) is 0 Å². The number of H-pyrrole nitrogens is 1. The third-order valence-corrected chi connectivity index (χ3v) is 4.62. The van der Waals surface area contributed by atoms with E-state index in [1.807, 2.05) is 25.1 Å². The van der Waals surface area contributed by atoms with Crippen LogP contribution in [0.25, 0.3) is 5.69 Å². The third-order valence-electron chi connectivity index (χ3n) is 4.62. The monoisotopic (exact) mass is 370 g/mol. The Morgan fingerprint density at radius 2 is 2.22 bits per heavy atom. The van der Waals surface area contributed by atoms with Gasteiger partial charge in [0.05, 0.1) is 23.8 Å². The van der Waals surface area contributed by atoms with Gasteiger partial charge in [0, 0.05) is 25.7 Å². The Bertz CT molecular complexity index is 1050. The lowest BCUT2D eigenvalue weighted by atomic mass is 10.1. The highest BCUT2D eigenvalue weighted by molar-refractivity contribution is 5.93. The van der Waals surface area contributed by atoms with E-state index >= 15 is 0 Å². The number of aromatic amines is 1. The summed E-state index contributed by atoms with van der Waals surface area (Å²) in [5.74, 6) is -0.799. The Labute approximate surface area is 154 Å². The molecule has 3 aromatic rings. The molecule has 140 valence electrons. The summed E-state index contributed by atoms with van der Waals surface area (Å²) in [4.78, 5) is 27.4. The molecule has 0 aliphatic carbocycles. The topological polar surface area (TPSA) is 96.7 Å². The molecule has 1 unspecified atom stereocenters. The maximum atomic E-state index is 13.3. The Morgan fingerprint density at radius 3 is 3.00 bits per heavy atom. The molecule has 0 bridgehead atoms. The van der Waals surface area contributed by atoms with Gasteiger partial charge in [-0.25, -0.2) is 13.9 Å². The van der Waals surface area contributed by atoms with E-state index in [4.69, 9.17) is 0 Å². The van der Waals surface area contributed by atoms with Gasteiger partial charge in [-0.1, -0.05) is 18.2 Å². The Hall–Kier alpha value is -3.20. The molecule has 0 saturated heterocycles. The standard InChI is InChI=1S/C18H19FN6O2/c1-11-9-24-15(8-20-11)16(23-18(24)27)17(26)21-6-12-4-2-3-5-14(12)25-10-13(19)7-22-25/h2-5,7,10-11,20H,6,8-9H2,1H3,(H,21,26)(H,23,27). The number of rotatable bonds is 4. The van der Waals surface area contributed by atoms with Gasteiger partial charge in [-0.15, -0.1) is 0 Å². The van der Waals surface area contributed by atoms with E-state index in [0.717, 1.165) is 11.8 Å². The number of imidazole rings is 1. The molecule has 0 spiro atoms. The van der Waals surface area contributed by atoms with Crippen LogP contribution in [0.15, 0.2) is 41.5 Å². The van der Waals surface area contributed by atoms with Crippen molar-refractivity contribution in [1.29, 1.82) is 0 Å². The maximum Gasteiger partial charge on any atom is 0.326 e. The molecule has 1 amide bonds. The zero-order chi connectivity index (χ0) is 19.0. The first-order valence-corrected chi connectivity index (χ1v) is 8.64. The molecule has 1 aliphatic rings. The van der Waals surface area contributed by atoms with Crippen LogP contribution in [0.5, 0.6) is 0 Å². The molecule has 0 radical (unpaired) electrons. The zero-order valence-electron chi connectivity index (χ0n) is 14.7. The van der Waals surface area contributed by atoms with Gasteiger partial charge in [-0.3, -0.25) is 9.36 Å². The van der Waals surface area contributed by atoms with Gasteiger partial charge in [0.25, 0.3) is 5.91 Å². The average molecular weight is 370 g/mol. The molecule has 9 heteroatoms. The largest absolute Gasteiger partial charge is 0.347 e. The molecule has 0 saturated carbocycles. The first-order valence-electron chi connectivity index (χ1n) is 8.64. The van der Waals surface area contributed by atoms with Gasteiger partial charge in [0.1, 0.15) is 5.69 Å². The van der Waals surface area contributed by atoms with Gasteiger partial charge in [0.15, 0.2) is 5.82 Å². The third kappa shape index (κ3) is 3.28. The Kier molecular flexibility index (Phi) is 4.36. The van der Waals surface area contributed by atoms with Gasteiger partial charge in [-0.2, -0.15) is 5.10 Å². The van der Waals surface area contributed by atoms with Crippen molar-refractivity contribution in [3.05, 3.63) is 69.9 Å². The fourth-order valence-electron chi connectivity index (χ4n) is 3.26. The Balaban J connectivity index is 1.55. The van der Waals surface area contributed by atoms with E-state index in [0.29, 0.717) is 24.5 Å². The van der Waals surface area contributed by atoms with Gasteiger partial charge >= 0.3 is 5.69 Å². The summed E-state index contributed by atoms with van der Waals surface area (Å²) in [5.41, 5.74) is 2.08. The predicted molar refractivity (Wildman–Crippen MR) is 96.0 cm³/mol. The van der Waals surface area contributed by atoms with Crippen LogP contribution in [0.2, 0.25) is 0 Å². The van der Waals surface area contributed by atoms with E-state index in [9.17, 15) is 14.0 Å². The van der Waals surface area contributed by atoms with E-state index in [1.54, 1.807) is 10.6 Å². The summed E-state index contributed by atoms with van der Waals surface area (Å²) in [6, 6.07) is 7.44. The molecule has 8 nitrogen and oxygen atoms in total. The summed E-state index contributed by atoms with van der Waals surface area (Å²) in [6.07, 6.45) is 2.40. The van der Waals surface area contributed by atoms with Crippen LogP contribution in [0, 0.1) is 5.82 Å². The zero-order valence-corrected chi connectivity index (χ0v) is 14.7. The van der Waals surface area contributed by atoms with Crippen molar-refractivity contribution >= 4 is 5.91 Å². The number of hydrogen-bond acceptors (Lipinski definition) is 4. The molecule has 1 atom stereocenters. The first kappa shape index (κ1) is 17.2. The number of benzene rings is 1. The molecule has 4 rings (SSSR count).